The van der Waals surface area contributed by atoms with Gasteiger partial charge in [-0.2, -0.15) is 0 Å². The Bertz CT molecular complexity index is 1470. The van der Waals surface area contributed by atoms with Crippen molar-refractivity contribution in [3.05, 3.63) is 114 Å². The number of fused-ring (bicyclic) bond motifs is 1. The average molecular weight is 495 g/mol. The second kappa shape index (κ2) is 11.0. The quantitative estimate of drug-likeness (QED) is 0.260. The molecule has 1 amide bonds. The summed E-state index contributed by atoms with van der Waals surface area (Å²) in [5, 5.41) is 3.94. The molecule has 1 N–H and O–H groups in total. The standard InChI is InChI=1S/C30H27FN4O2/c1-21(22-8-3-2-4-9-22)32-28(36)17-18-35(20-25-10-7-19-37-25)30-26-11-5-6-12-27(26)33-29(34-30)23-13-15-24(31)16-14-23/h2-16,19,21H,17-18,20H2,1H3,(H,32,36)/t21-/m1/s1. The number of carbonyl (C=O) groups is 1. The minimum Gasteiger partial charge on any atom is -0.467 e. The second-order valence-corrected chi connectivity index (χ2v) is 8.85. The summed E-state index contributed by atoms with van der Waals surface area (Å²) in [5.41, 5.74) is 2.52. The summed E-state index contributed by atoms with van der Waals surface area (Å²) >= 11 is 0. The Kier molecular flexibility index (Phi) is 7.21. The van der Waals surface area contributed by atoms with Crippen LogP contribution in [0.5, 0.6) is 0 Å². The van der Waals surface area contributed by atoms with Crippen LogP contribution in [0.2, 0.25) is 0 Å². The van der Waals surface area contributed by atoms with Crippen LogP contribution in [0, 0.1) is 5.82 Å². The van der Waals surface area contributed by atoms with E-state index in [1.54, 1.807) is 18.4 Å². The van der Waals surface area contributed by atoms with E-state index in [4.69, 9.17) is 14.4 Å². The summed E-state index contributed by atoms with van der Waals surface area (Å²) in [6.45, 7) is 2.82. The Morgan fingerprint density at radius 1 is 0.946 bits per heavy atom. The molecule has 0 aliphatic rings. The van der Waals surface area contributed by atoms with Gasteiger partial charge in [0.1, 0.15) is 17.4 Å². The van der Waals surface area contributed by atoms with Gasteiger partial charge in [-0.3, -0.25) is 4.79 Å². The molecule has 5 aromatic rings. The molecule has 0 spiro atoms. The fourth-order valence-electron chi connectivity index (χ4n) is 4.25. The number of hydrogen-bond donors (Lipinski definition) is 1. The lowest BCUT2D eigenvalue weighted by molar-refractivity contribution is -0.121. The first kappa shape index (κ1) is 24.2. The Morgan fingerprint density at radius 3 is 2.46 bits per heavy atom. The van der Waals surface area contributed by atoms with Crippen LogP contribution in [-0.2, 0) is 11.3 Å². The van der Waals surface area contributed by atoms with E-state index >= 15 is 0 Å². The summed E-state index contributed by atoms with van der Waals surface area (Å²) in [7, 11) is 0. The number of rotatable bonds is 9. The number of nitrogens with zero attached hydrogens (tertiary/aromatic N) is 3. The molecule has 7 heteroatoms. The first-order chi connectivity index (χ1) is 18.1. The lowest BCUT2D eigenvalue weighted by Gasteiger charge is -2.25. The molecule has 0 saturated carbocycles. The van der Waals surface area contributed by atoms with Gasteiger partial charge in [-0.1, -0.05) is 42.5 Å². The third kappa shape index (κ3) is 5.83. The first-order valence-electron chi connectivity index (χ1n) is 12.2. The predicted molar refractivity (Wildman–Crippen MR) is 142 cm³/mol. The Labute approximate surface area is 214 Å². The number of para-hydroxylation sites is 1. The van der Waals surface area contributed by atoms with Crippen LogP contribution in [0.1, 0.15) is 30.7 Å². The molecule has 0 fully saturated rings. The smallest absolute Gasteiger partial charge is 0.222 e. The predicted octanol–water partition coefficient (Wildman–Crippen LogP) is 6.30. The zero-order valence-electron chi connectivity index (χ0n) is 20.5. The van der Waals surface area contributed by atoms with Gasteiger partial charge in [-0.25, -0.2) is 14.4 Å². The van der Waals surface area contributed by atoms with Crippen LogP contribution >= 0.6 is 0 Å². The van der Waals surface area contributed by atoms with Crippen LogP contribution in [0.25, 0.3) is 22.3 Å². The zero-order valence-corrected chi connectivity index (χ0v) is 20.5. The van der Waals surface area contributed by atoms with E-state index in [2.05, 4.69) is 5.32 Å². The van der Waals surface area contributed by atoms with E-state index in [0.29, 0.717) is 30.3 Å². The summed E-state index contributed by atoms with van der Waals surface area (Å²) in [4.78, 5) is 24.6. The summed E-state index contributed by atoms with van der Waals surface area (Å²) in [5.74, 6) is 1.55. The van der Waals surface area contributed by atoms with E-state index in [1.807, 2.05) is 78.6 Å². The maximum Gasteiger partial charge on any atom is 0.222 e. The van der Waals surface area contributed by atoms with Crippen LogP contribution in [0.3, 0.4) is 0 Å². The number of nitrogens with one attached hydrogen (secondary N) is 1. The minimum atomic E-state index is -0.319. The molecule has 0 unspecified atom stereocenters. The molecule has 6 nitrogen and oxygen atoms in total. The van der Waals surface area contributed by atoms with Crippen molar-refractivity contribution in [2.75, 3.05) is 11.4 Å². The van der Waals surface area contributed by atoms with Crippen molar-refractivity contribution < 1.29 is 13.6 Å². The molecule has 3 aromatic carbocycles. The van der Waals surface area contributed by atoms with E-state index < -0.39 is 0 Å². The molecule has 0 aliphatic carbocycles. The van der Waals surface area contributed by atoms with Gasteiger partial charge in [-0.15, -0.1) is 0 Å². The SMILES string of the molecule is C[C@@H](NC(=O)CCN(Cc1ccco1)c1nc(-c2ccc(F)cc2)nc2ccccc12)c1ccccc1. The summed E-state index contributed by atoms with van der Waals surface area (Å²) in [6, 6.07) is 27.4. The number of anilines is 1. The zero-order chi connectivity index (χ0) is 25.6. The van der Waals surface area contributed by atoms with Crippen LogP contribution in [0.15, 0.2) is 102 Å². The van der Waals surface area contributed by atoms with Crippen molar-refractivity contribution in [2.45, 2.75) is 25.9 Å². The molecule has 2 heterocycles. The molecule has 37 heavy (non-hydrogen) atoms. The van der Waals surface area contributed by atoms with Crippen molar-refractivity contribution in [1.29, 1.82) is 0 Å². The minimum absolute atomic E-state index is 0.0575. The van der Waals surface area contributed by atoms with Gasteiger partial charge < -0.3 is 14.6 Å². The van der Waals surface area contributed by atoms with E-state index in [-0.39, 0.29) is 24.2 Å². The van der Waals surface area contributed by atoms with Gasteiger partial charge in [0, 0.05) is 23.9 Å². The molecular weight excluding hydrogens is 467 g/mol. The monoisotopic (exact) mass is 494 g/mol. The van der Waals surface area contributed by atoms with Crippen molar-refractivity contribution in [1.82, 2.24) is 15.3 Å². The van der Waals surface area contributed by atoms with Gasteiger partial charge in [0.2, 0.25) is 5.91 Å². The number of amides is 1. The molecule has 0 radical (unpaired) electrons. The Balaban J connectivity index is 1.45. The third-order valence-electron chi connectivity index (χ3n) is 6.20. The lowest BCUT2D eigenvalue weighted by Crippen LogP contribution is -2.32. The Hall–Kier alpha value is -4.52. The molecule has 1 atom stereocenters. The van der Waals surface area contributed by atoms with Gasteiger partial charge in [0.05, 0.1) is 24.4 Å². The molecule has 0 bridgehead atoms. The molecule has 5 rings (SSSR count). The maximum atomic E-state index is 13.6. The molecule has 0 saturated heterocycles. The van der Waals surface area contributed by atoms with Gasteiger partial charge in [0.25, 0.3) is 0 Å². The number of halogens is 1. The van der Waals surface area contributed by atoms with E-state index in [9.17, 15) is 9.18 Å². The molecule has 186 valence electrons. The highest BCUT2D eigenvalue weighted by Gasteiger charge is 2.19. The topological polar surface area (TPSA) is 71.3 Å². The summed E-state index contributed by atoms with van der Waals surface area (Å²) < 4.78 is 19.2. The number of aromatic nitrogens is 2. The number of hydrogen-bond acceptors (Lipinski definition) is 5. The highest BCUT2D eigenvalue weighted by Crippen LogP contribution is 2.29. The fraction of sp³-hybridized carbons (Fsp3) is 0.167. The van der Waals surface area contributed by atoms with E-state index in [1.165, 1.54) is 12.1 Å². The van der Waals surface area contributed by atoms with Crippen LogP contribution in [-0.4, -0.2) is 22.4 Å². The van der Waals surface area contributed by atoms with Crippen molar-refractivity contribution in [3.63, 3.8) is 0 Å². The largest absolute Gasteiger partial charge is 0.467 e. The third-order valence-corrected chi connectivity index (χ3v) is 6.20. The molecular formula is C30H27FN4O2. The highest BCUT2D eigenvalue weighted by molar-refractivity contribution is 5.91. The van der Waals surface area contributed by atoms with E-state index in [0.717, 1.165) is 22.2 Å². The van der Waals surface area contributed by atoms with Gasteiger partial charge in [-0.05, 0) is 61.0 Å². The van der Waals surface area contributed by atoms with Crippen molar-refractivity contribution >= 4 is 22.6 Å². The maximum absolute atomic E-state index is 13.6. The first-order valence-corrected chi connectivity index (χ1v) is 12.2. The number of furan rings is 1. The summed E-state index contributed by atoms with van der Waals surface area (Å²) in [6.07, 6.45) is 1.89. The Morgan fingerprint density at radius 2 is 1.70 bits per heavy atom. The fourth-order valence-corrected chi connectivity index (χ4v) is 4.25. The van der Waals surface area contributed by atoms with Crippen LogP contribution < -0.4 is 10.2 Å². The second-order valence-electron chi connectivity index (χ2n) is 8.85. The molecule has 2 aromatic heterocycles. The number of carbonyl (C=O) groups excluding carboxylic acids is 1. The highest BCUT2D eigenvalue weighted by atomic mass is 19.1. The number of benzene rings is 3. The average Bonchev–Trinajstić information content (AvgIpc) is 3.44. The van der Waals surface area contributed by atoms with Gasteiger partial charge in [0.15, 0.2) is 5.82 Å². The van der Waals surface area contributed by atoms with Crippen molar-refractivity contribution in [3.8, 4) is 11.4 Å². The molecule has 0 aliphatic heterocycles. The van der Waals surface area contributed by atoms with Gasteiger partial charge >= 0.3 is 0 Å². The van der Waals surface area contributed by atoms with Crippen molar-refractivity contribution in [2.24, 2.45) is 0 Å². The van der Waals surface area contributed by atoms with Crippen LogP contribution in [0.4, 0.5) is 10.2 Å². The lowest BCUT2D eigenvalue weighted by atomic mass is 10.1. The normalized spacial score (nSPS) is 11.8.